The smallest absolute Gasteiger partial charge is 0.0588 e. The van der Waals surface area contributed by atoms with Crippen molar-refractivity contribution >= 4 is 0 Å². The van der Waals surface area contributed by atoms with Crippen LogP contribution in [0.2, 0.25) is 0 Å². The van der Waals surface area contributed by atoms with Gasteiger partial charge in [-0.3, -0.25) is 0 Å². The number of ether oxygens (including phenoxy) is 1. The first kappa shape index (κ1) is 14.9. The monoisotopic (exact) mass is 215 g/mol. The predicted octanol–water partition coefficient (Wildman–Crippen LogP) is 3.49. The van der Waals surface area contributed by atoms with Gasteiger partial charge in [-0.1, -0.05) is 58.3 Å². The van der Waals surface area contributed by atoms with Crippen molar-refractivity contribution in [2.75, 3.05) is 19.8 Å². The van der Waals surface area contributed by atoms with Crippen molar-refractivity contribution in [3.63, 3.8) is 0 Å². The molecule has 0 radical (unpaired) electrons. The molecule has 0 heterocycles. The summed E-state index contributed by atoms with van der Waals surface area (Å²) >= 11 is 0. The molecular formula is C13H29NO. The lowest BCUT2D eigenvalue weighted by molar-refractivity contribution is 0.137. The third-order valence-corrected chi connectivity index (χ3v) is 2.65. The van der Waals surface area contributed by atoms with Gasteiger partial charge in [0, 0.05) is 13.2 Å². The first-order valence-electron chi connectivity index (χ1n) is 6.69. The highest BCUT2D eigenvalue weighted by molar-refractivity contribution is 4.46. The second kappa shape index (κ2) is 13.9. The first-order valence-corrected chi connectivity index (χ1v) is 6.69. The van der Waals surface area contributed by atoms with Gasteiger partial charge in [-0.2, -0.15) is 0 Å². The van der Waals surface area contributed by atoms with E-state index < -0.39 is 0 Å². The SMILES string of the molecule is CCCCCCCCCCCOCCN. The van der Waals surface area contributed by atoms with Crippen LogP contribution in [0.15, 0.2) is 0 Å². The number of unbranched alkanes of at least 4 members (excludes halogenated alkanes) is 8. The van der Waals surface area contributed by atoms with E-state index in [1.165, 1.54) is 57.8 Å². The molecule has 0 amide bonds. The van der Waals surface area contributed by atoms with Crippen molar-refractivity contribution in [3.05, 3.63) is 0 Å². The average Bonchev–Trinajstić information content (AvgIpc) is 2.26. The Labute approximate surface area is 95.6 Å². The van der Waals surface area contributed by atoms with E-state index in [2.05, 4.69) is 6.92 Å². The van der Waals surface area contributed by atoms with Crippen LogP contribution in [0.25, 0.3) is 0 Å². The highest BCUT2D eigenvalue weighted by atomic mass is 16.5. The minimum absolute atomic E-state index is 0.650. The lowest BCUT2D eigenvalue weighted by Crippen LogP contribution is -2.08. The molecule has 2 heteroatoms. The van der Waals surface area contributed by atoms with Gasteiger partial charge in [0.25, 0.3) is 0 Å². The number of rotatable bonds is 12. The standard InChI is InChI=1S/C13H29NO/c1-2-3-4-5-6-7-8-9-10-12-15-13-11-14/h2-14H2,1H3. The number of nitrogens with two attached hydrogens (primary N) is 1. The summed E-state index contributed by atoms with van der Waals surface area (Å²) in [5.74, 6) is 0. The van der Waals surface area contributed by atoms with Crippen LogP contribution in [-0.2, 0) is 4.74 Å². The molecule has 0 saturated heterocycles. The summed E-state index contributed by atoms with van der Waals surface area (Å²) in [6, 6.07) is 0. The fourth-order valence-electron chi connectivity index (χ4n) is 1.70. The Bertz CT molecular complexity index is 94.7. The summed E-state index contributed by atoms with van der Waals surface area (Å²) in [6.45, 7) is 4.53. The molecule has 2 nitrogen and oxygen atoms in total. The Morgan fingerprint density at radius 1 is 0.733 bits per heavy atom. The molecule has 0 atom stereocenters. The van der Waals surface area contributed by atoms with Gasteiger partial charge in [0.05, 0.1) is 6.61 Å². The molecule has 0 saturated carbocycles. The van der Waals surface area contributed by atoms with Crippen molar-refractivity contribution in [2.24, 2.45) is 5.73 Å². The summed E-state index contributed by atoms with van der Waals surface area (Å²) in [5.41, 5.74) is 5.32. The average molecular weight is 215 g/mol. The topological polar surface area (TPSA) is 35.2 Å². The van der Waals surface area contributed by atoms with Crippen molar-refractivity contribution in [1.82, 2.24) is 0 Å². The Morgan fingerprint density at radius 3 is 1.80 bits per heavy atom. The normalized spacial score (nSPS) is 10.8. The molecule has 0 aliphatic rings. The van der Waals surface area contributed by atoms with E-state index in [1.54, 1.807) is 0 Å². The molecule has 92 valence electrons. The van der Waals surface area contributed by atoms with Crippen LogP contribution < -0.4 is 5.73 Å². The van der Waals surface area contributed by atoms with E-state index in [1.807, 2.05) is 0 Å². The van der Waals surface area contributed by atoms with Crippen molar-refractivity contribution in [1.29, 1.82) is 0 Å². The number of hydrogen-bond acceptors (Lipinski definition) is 2. The third-order valence-electron chi connectivity index (χ3n) is 2.65. The lowest BCUT2D eigenvalue weighted by Gasteiger charge is -2.03. The summed E-state index contributed by atoms with van der Waals surface area (Å²) in [6.07, 6.45) is 12.3. The molecule has 0 bridgehead atoms. The van der Waals surface area contributed by atoms with Gasteiger partial charge in [0.15, 0.2) is 0 Å². The van der Waals surface area contributed by atoms with E-state index >= 15 is 0 Å². The minimum atomic E-state index is 0.650. The van der Waals surface area contributed by atoms with Gasteiger partial charge in [0.1, 0.15) is 0 Å². The summed E-state index contributed by atoms with van der Waals surface area (Å²) < 4.78 is 5.32. The second-order valence-corrected chi connectivity index (χ2v) is 4.23. The Hall–Kier alpha value is -0.0800. The fourth-order valence-corrected chi connectivity index (χ4v) is 1.70. The van der Waals surface area contributed by atoms with E-state index in [4.69, 9.17) is 10.5 Å². The molecule has 0 fully saturated rings. The molecule has 0 aliphatic carbocycles. The Kier molecular flexibility index (Phi) is 13.8. The van der Waals surface area contributed by atoms with E-state index in [0.29, 0.717) is 6.54 Å². The van der Waals surface area contributed by atoms with Crippen molar-refractivity contribution in [2.45, 2.75) is 64.7 Å². The fraction of sp³-hybridized carbons (Fsp3) is 1.00. The highest BCUT2D eigenvalue weighted by Crippen LogP contribution is 2.09. The molecule has 0 aromatic carbocycles. The Morgan fingerprint density at radius 2 is 1.27 bits per heavy atom. The van der Waals surface area contributed by atoms with Crippen LogP contribution in [0.1, 0.15) is 64.7 Å². The maximum absolute atomic E-state index is 5.32. The van der Waals surface area contributed by atoms with Crippen molar-refractivity contribution < 1.29 is 4.74 Å². The number of hydrogen-bond donors (Lipinski definition) is 1. The quantitative estimate of drug-likeness (QED) is 0.506. The summed E-state index contributed by atoms with van der Waals surface area (Å²) in [7, 11) is 0. The van der Waals surface area contributed by atoms with Crippen LogP contribution in [0.5, 0.6) is 0 Å². The van der Waals surface area contributed by atoms with Gasteiger partial charge in [-0.05, 0) is 6.42 Å². The maximum Gasteiger partial charge on any atom is 0.0588 e. The molecule has 0 spiro atoms. The van der Waals surface area contributed by atoms with Crippen molar-refractivity contribution in [3.8, 4) is 0 Å². The van der Waals surface area contributed by atoms with Gasteiger partial charge in [-0.15, -0.1) is 0 Å². The largest absolute Gasteiger partial charge is 0.380 e. The lowest BCUT2D eigenvalue weighted by atomic mass is 10.1. The zero-order chi connectivity index (χ0) is 11.2. The predicted molar refractivity (Wildman–Crippen MR) is 67.1 cm³/mol. The molecule has 15 heavy (non-hydrogen) atoms. The molecule has 2 N–H and O–H groups in total. The molecular weight excluding hydrogens is 186 g/mol. The van der Waals surface area contributed by atoms with E-state index in [9.17, 15) is 0 Å². The van der Waals surface area contributed by atoms with Gasteiger partial charge < -0.3 is 10.5 Å². The zero-order valence-electron chi connectivity index (χ0n) is 10.5. The first-order chi connectivity index (χ1) is 7.41. The van der Waals surface area contributed by atoms with Gasteiger partial charge in [0.2, 0.25) is 0 Å². The van der Waals surface area contributed by atoms with Gasteiger partial charge in [-0.25, -0.2) is 0 Å². The van der Waals surface area contributed by atoms with Crippen LogP contribution >= 0.6 is 0 Å². The minimum Gasteiger partial charge on any atom is -0.380 e. The summed E-state index contributed by atoms with van der Waals surface area (Å²) in [4.78, 5) is 0. The third kappa shape index (κ3) is 13.9. The molecule has 0 aromatic heterocycles. The highest BCUT2D eigenvalue weighted by Gasteiger charge is 1.92. The zero-order valence-corrected chi connectivity index (χ0v) is 10.5. The molecule has 0 rings (SSSR count). The molecule has 0 unspecified atom stereocenters. The summed E-state index contributed by atoms with van der Waals surface area (Å²) in [5, 5.41) is 0. The van der Waals surface area contributed by atoms with Crippen LogP contribution in [0.3, 0.4) is 0 Å². The van der Waals surface area contributed by atoms with E-state index in [-0.39, 0.29) is 0 Å². The van der Waals surface area contributed by atoms with E-state index in [0.717, 1.165) is 13.2 Å². The van der Waals surface area contributed by atoms with Crippen LogP contribution in [0.4, 0.5) is 0 Å². The van der Waals surface area contributed by atoms with Crippen LogP contribution in [-0.4, -0.2) is 19.8 Å². The molecule has 0 aromatic rings. The second-order valence-electron chi connectivity index (χ2n) is 4.23. The Balaban J connectivity index is 2.81. The van der Waals surface area contributed by atoms with Gasteiger partial charge >= 0.3 is 0 Å². The van der Waals surface area contributed by atoms with Crippen LogP contribution in [0, 0.1) is 0 Å². The maximum atomic E-state index is 5.32. The molecule has 0 aliphatic heterocycles.